The summed E-state index contributed by atoms with van der Waals surface area (Å²) in [6.45, 7) is 1.92. The van der Waals surface area contributed by atoms with Crippen molar-refractivity contribution in [1.29, 1.82) is 0 Å². The molecule has 0 saturated carbocycles. The van der Waals surface area contributed by atoms with Crippen LogP contribution in [0, 0.1) is 0 Å². The average molecular weight is 381 g/mol. The summed E-state index contributed by atoms with van der Waals surface area (Å²) in [5.74, 6) is 1.03. The van der Waals surface area contributed by atoms with Crippen molar-refractivity contribution in [2.45, 2.75) is 12.5 Å². The summed E-state index contributed by atoms with van der Waals surface area (Å²) in [6.07, 6.45) is 0. The molecule has 27 heavy (non-hydrogen) atoms. The number of nitrogens with one attached hydrogen (secondary N) is 1. The van der Waals surface area contributed by atoms with E-state index in [1.807, 2.05) is 23.6 Å². The number of fused-ring (bicyclic) bond motifs is 1. The van der Waals surface area contributed by atoms with Crippen LogP contribution in [-0.2, 0) is 5.60 Å². The number of rotatable bonds is 5. The Hall–Kier alpha value is -2.83. The van der Waals surface area contributed by atoms with E-state index in [-0.39, 0.29) is 19.2 Å². The molecular formula is C21H19NO4S. The Kier molecular flexibility index (Phi) is 4.59. The zero-order valence-electron chi connectivity index (χ0n) is 14.8. The normalized spacial score (nSPS) is 14.6. The van der Waals surface area contributed by atoms with Crippen molar-refractivity contribution in [1.82, 2.24) is 5.32 Å². The zero-order chi connectivity index (χ0) is 18.9. The van der Waals surface area contributed by atoms with Crippen LogP contribution in [0.4, 0.5) is 0 Å². The van der Waals surface area contributed by atoms with Gasteiger partial charge in [0.05, 0.1) is 6.54 Å². The van der Waals surface area contributed by atoms with Crippen molar-refractivity contribution < 1.29 is 19.4 Å². The fraction of sp³-hybridized carbons (Fsp3) is 0.190. The number of carbonyl (C=O) groups excluding carboxylic acids is 1. The maximum atomic E-state index is 12.4. The molecule has 1 aliphatic heterocycles. The number of amides is 1. The first-order chi connectivity index (χ1) is 13.0. The molecule has 138 valence electrons. The van der Waals surface area contributed by atoms with Crippen LogP contribution in [0.2, 0.25) is 0 Å². The molecule has 6 heteroatoms. The second kappa shape index (κ2) is 7.06. The van der Waals surface area contributed by atoms with Gasteiger partial charge in [0.25, 0.3) is 5.91 Å². The van der Waals surface area contributed by atoms with Crippen LogP contribution < -0.4 is 14.8 Å². The first kappa shape index (κ1) is 17.6. The molecule has 0 saturated heterocycles. The van der Waals surface area contributed by atoms with E-state index in [9.17, 15) is 9.90 Å². The lowest BCUT2D eigenvalue weighted by Crippen LogP contribution is -2.38. The monoisotopic (exact) mass is 381 g/mol. The highest BCUT2D eigenvalue weighted by atomic mass is 32.1. The lowest BCUT2D eigenvalue weighted by molar-refractivity contribution is 0.0525. The molecule has 2 N–H and O–H groups in total. The summed E-state index contributed by atoms with van der Waals surface area (Å²) in [7, 11) is 0. The van der Waals surface area contributed by atoms with Gasteiger partial charge in [-0.25, -0.2) is 0 Å². The van der Waals surface area contributed by atoms with E-state index in [0.29, 0.717) is 22.6 Å². The van der Waals surface area contributed by atoms with Crippen LogP contribution >= 0.6 is 11.3 Å². The van der Waals surface area contributed by atoms with Crippen molar-refractivity contribution in [3.63, 3.8) is 0 Å². The van der Waals surface area contributed by atoms with E-state index in [1.54, 1.807) is 48.6 Å². The van der Waals surface area contributed by atoms with Crippen molar-refractivity contribution in [2.75, 3.05) is 13.3 Å². The van der Waals surface area contributed by atoms with Gasteiger partial charge in [-0.05, 0) is 64.7 Å². The third-order valence-electron chi connectivity index (χ3n) is 4.59. The van der Waals surface area contributed by atoms with E-state index in [4.69, 9.17) is 9.47 Å². The largest absolute Gasteiger partial charge is 0.454 e. The predicted molar refractivity (Wildman–Crippen MR) is 104 cm³/mol. The Bertz CT molecular complexity index is 949. The Morgan fingerprint density at radius 2 is 1.89 bits per heavy atom. The van der Waals surface area contributed by atoms with E-state index >= 15 is 0 Å². The first-order valence-electron chi connectivity index (χ1n) is 8.56. The van der Waals surface area contributed by atoms with E-state index < -0.39 is 5.60 Å². The molecule has 0 aliphatic carbocycles. The summed E-state index contributed by atoms with van der Waals surface area (Å²) in [6, 6.07) is 14.7. The minimum Gasteiger partial charge on any atom is -0.454 e. The Balaban J connectivity index is 1.42. The fourth-order valence-corrected chi connectivity index (χ4v) is 3.60. The maximum absolute atomic E-state index is 12.4. The number of carbonyl (C=O) groups is 1. The van der Waals surface area contributed by atoms with E-state index in [2.05, 4.69) is 10.7 Å². The molecule has 3 aromatic rings. The van der Waals surface area contributed by atoms with Crippen LogP contribution in [0.3, 0.4) is 0 Å². The lowest BCUT2D eigenvalue weighted by atomic mass is 9.95. The third-order valence-corrected chi connectivity index (χ3v) is 5.27. The topological polar surface area (TPSA) is 67.8 Å². The van der Waals surface area contributed by atoms with Crippen molar-refractivity contribution in [3.8, 4) is 22.6 Å². The number of hydrogen-bond acceptors (Lipinski definition) is 5. The molecule has 1 unspecified atom stereocenters. The molecule has 4 rings (SSSR count). The second-order valence-electron chi connectivity index (χ2n) is 6.61. The van der Waals surface area contributed by atoms with Crippen LogP contribution in [-0.4, -0.2) is 24.4 Å². The minimum atomic E-state index is -1.23. The molecule has 1 amide bonds. The van der Waals surface area contributed by atoms with Gasteiger partial charge < -0.3 is 19.9 Å². The van der Waals surface area contributed by atoms with Gasteiger partial charge in [0.15, 0.2) is 11.5 Å². The average Bonchev–Trinajstić information content (AvgIpc) is 3.37. The summed E-state index contributed by atoms with van der Waals surface area (Å²) in [5.41, 5.74) is 2.18. The highest BCUT2D eigenvalue weighted by Gasteiger charge is 2.26. The van der Waals surface area contributed by atoms with Crippen LogP contribution in [0.25, 0.3) is 11.1 Å². The number of ether oxygens (including phenoxy) is 2. The molecule has 2 aromatic carbocycles. The van der Waals surface area contributed by atoms with Crippen molar-refractivity contribution >= 4 is 17.2 Å². The molecular weight excluding hydrogens is 362 g/mol. The Labute approximate surface area is 161 Å². The smallest absolute Gasteiger partial charge is 0.251 e. The molecule has 1 aliphatic rings. The zero-order valence-corrected chi connectivity index (χ0v) is 15.6. The van der Waals surface area contributed by atoms with Gasteiger partial charge in [-0.2, -0.15) is 11.3 Å². The first-order valence-corrected chi connectivity index (χ1v) is 9.50. The lowest BCUT2D eigenvalue weighted by Gasteiger charge is -2.24. The molecule has 0 fully saturated rings. The van der Waals surface area contributed by atoms with Gasteiger partial charge >= 0.3 is 0 Å². The Morgan fingerprint density at radius 1 is 1.11 bits per heavy atom. The summed E-state index contributed by atoms with van der Waals surface area (Å²) in [5, 5.41) is 17.7. The van der Waals surface area contributed by atoms with Gasteiger partial charge in [0.1, 0.15) is 5.60 Å². The fourth-order valence-electron chi connectivity index (χ4n) is 2.93. The predicted octanol–water partition coefficient (Wildman–Crippen LogP) is 3.78. The molecule has 5 nitrogen and oxygen atoms in total. The quantitative estimate of drug-likeness (QED) is 0.706. The van der Waals surface area contributed by atoms with Crippen molar-refractivity contribution in [2.24, 2.45) is 0 Å². The highest BCUT2D eigenvalue weighted by Crippen LogP contribution is 2.35. The Morgan fingerprint density at radius 3 is 2.63 bits per heavy atom. The summed E-state index contributed by atoms with van der Waals surface area (Å²) < 4.78 is 10.6. The molecule has 0 bridgehead atoms. The number of aliphatic hydroxyl groups is 1. The standard InChI is InChI=1S/C21H19NO4S/c1-21(24,17-6-7-18-19(10-17)26-13-25-18)12-22-20(23)15-4-2-14(3-5-15)16-8-9-27-11-16/h2-11,24H,12-13H2,1H3,(H,22,23). The van der Waals surface area contributed by atoms with Gasteiger partial charge in [-0.1, -0.05) is 18.2 Å². The number of benzene rings is 2. The molecule has 0 spiro atoms. The van der Waals surface area contributed by atoms with Gasteiger partial charge in [0, 0.05) is 5.56 Å². The minimum absolute atomic E-state index is 0.0811. The van der Waals surface area contributed by atoms with Crippen LogP contribution in [0.15, 0.2) is 59.3 Å². The highest BCUT2D eigenvalue weighted by molar-refractivity contribution is 7.08. The second-order valence-corrected chi connectivity index (χ2v) is 7.39. The van der Waals surface area contributed by atoms with Crippen LogP contribution in [0.5, 0.6) is 11.5 Å². The van der Waals surface area contributed by atoms with Crippen molar-refractivity contribution in [3.05, 3.63) is 70.4 Å². The molecule has 0 radical (unpaired) electrons. The summed E-state index contributed by atoms with van der Waals surface area (Å²) >= 11 is 1.64. The molecule has 1 atom stereocenters. The van der Waals surface area contributed by atoms with Gasteiger partial charge in [-0.3, -0.25) is 4.79 Å². The number of hydrogen-bond donors (Lipinski definition) is 2. The third kappa shape index (κ3) is 3.67. The van der Waals surface area contributed by atoms with E-state index in [1.165, 1.54) is 0 Å². The van der Waals surface area contributed by atoms with Crippen LogP contribution in [0.1, 0.15) is 22.8 Å². The van der Waals surface area contributed by atoms with Gasteiger partial charge in [-0.15, -0.1) is 0 Å². The van der Waals surface area contributed by atoms with E-state index in [0.717, 1.165) is 11.1 Å². The number of thiophene rings is 1. The maximum Gasteiger partial charge on any atom is 0.251 e. The molecule has 2 heterocycles. The molecule has 1 aromatic heterocycles. The summed E-state index contributed by atoms with van der Waals surface area (Å²) in [4.78, 5) is 12.4. The SMILES string of the molecule is CC(O)(CNC(=O)c1ccc(-c2ccsc2)cc1)c1ccc2c(c1)OCO2. The van der Waals surface area contributed by atoms with Gasteiger partial charge in [0.2, 0.25) is 6.79 Å².